The quantitative estimate of drug-likeness (QED) is 0.594. The molecule has 2 aromatic rings. The Kier molecular flexibility index (Phi) is 6.59. The van der Waals surface area contributed by atoms with Gasteiger partial charge < -0.3 is 20.1 Å². The van der Waals surface area contributed by atoms with Gasteiger partial charge in [-0.05, 0) is 37.8 Å². The minimum atomic E-state index is -4.63. The number of aromatic nitrogens is 2. The molecule has 0 bridgehead atoms. The van der Waals surface area contributed by atoms with Gasteiger partial charge in [0.25, 0.3) is 5.91 Å². The van der Waals surface area contributed by atoms with E-state index in [1.807, 2.05) is 0 Å². The fourth-order valence-corrected chi connectivity index (χ4v) is 4.58. The summed E-state index contributed by atoms with van der Waals surface area (Å²) in [5, 5.41) is 16.1. The van der Waals surface area contributed by atoms with Crippen LogP contribution in [0.4, 0.5) is 18.9 Å². The molecular weight excluding hydrogens is 477 g/mol. The van der Waals surface area contributed by atoms with Gasteiger partial charge in [-0.3, -0.25) is 4.79 Å². The number of β-amino-alcohol motifs (C(OH)–C–C–N with tert-alkyl or cyclic N) is 1. The topological polar surface area (TPSA) is 96.7 Å². The van der Waals surface area contributed by atoms with E-state index >= 15 is 0 Å². The van der Waals surface area contributed by atoms with Crippen molar-refractivity contribution in [3.05, 3.63) is 51.4 Å². The van der Waals surface area contributed by atoms with Crippen LogP contribution in [0.2, 0.25) is 5.02 Å². The standard InChI is InChI=1S/C22H22ClF3N4O4/c1-34-21(33)13-11-29(9-10-31)20(32)17(13)27-15-7-4-6-14(23)18(15)30-16-8-3-2-5-12(16)19(28-30)22(24,25)26/h4,6-7,27,31H,2-3,5,8-11H2,1H3. The second kappa shape index (κ2) is 9.30. The van der Waals surface area contributed by atoms with Gasteiger partial charge in [0.15, 0.2) is 5.69 Å². The number of rotatable bonds is 6. The molecule has 0 unspecified atom stereocenters. The van der Waals surface area contributed by atoms with Gasteiger partial charge >= 0.3 is 12.1 Å². The lowest BCUT2D eigenvalue weighted by Gasteiger charge is -2.19. The normalized spacial score (nSPS) is 16.2. The van der Waals surface area contributed by atoms with Crippen molar-refractivity contribution in [2.24, 2.45) is 0 Å². The lowest BCUT2D eigenvalue weighted by Crippen LogP contribution is -2.31. The number of carbonyl (C=O) groups is 2. The third-order valence-corrected chi connectivity index (χ3v) is 6.17. The molecule has 12 heteroatoms. The third kappa shape index (κ3) is 4.25. The molecule has 2 aliphatic rings. The maximum Gasteiger partial charge on any atom is 0.435 e. The van der Waals surface area contributed by atoms with E-state index in [2.05, 4.69) is 10.4 Å². The van der Waals surface area contributed by atoms with E-state index in [4.69, 9.17) is 16.3 Å². The van der Waals surface area contributed by atoms with Gasteiger partial charge in [-0.25, -0.2) is 9.48 Å². The average Bonchev–Trinajstić information content (AvgIpc) is 3.33. The number of anilines is 1. The summed E-state index contributed by atoms with van der Waals surface area (Å²) in [6.45, 7) is -0.399. The Morgan fingerprint density at radius 3 is 2.71 bits per heavy atom. The number of nitrogens with one attached hydrogen (secondary N) is 1. The first kappa shape index (κ1) is 24.1. The van der Waals surface area contributed by atoms with Gasteiger partial charge in [-0.1, -0.05) is 17.7 Å². The van der Waals surface area contributed by atoms with Crippen LogP contribution in [0.5, 0.6) is 0 Å². The number of hydrogen-bond donors (Lipinski definition) is 2. The van der Waals surface area contributed by atoms with E-state index in [1.165, 1.54) is 28.8 Å². The fourth-order valence-electron chi connectivity index (χ4n) is 4.33. The number of carbonyl (C=O) groups excluding carboxylic acids is 2. The van der Waals surface area contributed by atoms with Crippen LogP contribution in [-0.2, 0) is 33.3 Å². The average molecular weight is 499 g/mol. The van der Waals surface area contributed by atoms with Gasteiger partial charge in [0.2, 0.25) is 0 Å². The molecular formula is C22H22ClF3N4O4. The van der Waals surface area contributed by atoms with E-state index in [-0.39, 0.29) is 59.3 Å². The number of aliphatic hydroxyl groups excluding tert-OH is 1. The summed E-state index contributed by atoms with van der Waals surface area (Å²) >= 11 is 6.44. The van der Waals surface area contributed by atoms with Crippen molar-refractivity contribution in [1.82, 2.24) is 14.7 Å². The number of benzene rings is 1. The zero-order chi connectivity index (χ0) is 24.6. The summed E-state index contributed by atoms with van der Waals surface area (Å²) in [7, 11) is 1.17. The number of fused-ring (bicyclic) bond motifs is 1. The number of methoxy groups -OCH3 is 1. The highest BCUT2D eigenvalue weighted by Gasteiger charge is 2.40. The van der Waals surface area contributed by atoms with Gasteiger partial charge in [0.1, 0.15) is 11.4 Å². The summed E-state index contributed by atoms with van der Waals surface area (Å²) in [5.41, 5.74) is -0.114. The summed E-state index contributed by atoms with van der Waals surface area (Å²) in [5.74, 6) is -1.30. The van der Waals surface area contributed by atoms with Crippen LogP contribution in [0.25, 0.3) is 5.69 Å². The number of ether oxygens (including phenoxy) is 1. The summed E-state index contributed by atoms with van der Waals surface area (Å²) < 4.78 is 47.1. The second-order valence-electron chi connectivity index (χ2n) is 7.95. The molecule has 182 valence electrons. The summed E-state index contributed by atoms with van der Waals surface area (Å²) in [4.78, 5) is 26.5. The molecule has 1 aliphatic heterocycles. The lowest BCUT2D eigenvalue weighted by molar-refractivity contribution is -0.142. The molecule has 34 heavy (non-hydrogen) atoms. The number of aliphatic hydroxyl groups is 1. The van der Waals surface area contributed by atoms with Gasteiger partial charge in [-0.2, -0.15) is 18.3 Å². The summed E-state index contributed by atoms with van der Waals surface area (Å²) in [6, 6.07) is 4.61. The van der Waals surface area contributed by atoms with E-state index in [0.717, 1.165) is 0 Å². The molecule has 1 amide bonds. The zero-order valence-corrected chi connectivity index (χ0v) is 19.0. The smallest absolute Gasteiger partial charge is 0.435 e. The van der Waals surface area contributed by atoms with Crippen molar-refractivity contribution in [3.8, 4) is 5.69 Å². The van der Waals surface area contributed by atoms with Crippen molar-refractivity contribution in [2.45, 2.75) is 31.9 Å². The number of halogens is 4. The summed E-state index contributed by atoms with van der Waals surface area (Å²) in [6.07, 6.45) is -2.66. The van der Waals surface area contributed by atoms with Crippen molar-refractivity contribution in [2.75, 3.05) is 32.1 Å². The van der Waals surface area contributed by atoms with Crippen LogP contribution in [0.3, 0.4) is 0 Å². The molecule has 1 aromatic heterocycles. The minimum Gasteiger partial charge on any atom is -0.466 e. The predicted molar refractivity (Wildman–Crippen MR) is 117 cm³/mol. The highest BCUT2D eigenvalue weighted by molar-refractivity contribution is 6.33. The van der Waals surface area contributed by atoms with Gasteiger partial charge in [-0.15, -0.1) is 0 Å². The Balaban J connectivity index is 1.84. The van der Waals surface area contributed by atoms with Crippen LogP contribution >= 0.6 is 11.6 Å². The number of amides is 1. The molecule has 0 saturated carbocycles. The molecule has 2 heterocycles. The largest absolute Gasteiger partial charge is 0.466 e. The first-order valence-corrected chi connectivity index (χ1v) is 11.0. The van der Waals surface area contributed by atoms with Crippen LogP contribution in [0.15, 0.2) is 29.5 Å². The van der Waals surface area contributed by atoms with E-state index in [9.17, 15) is 27.9 Å². The zero-order valence-electron chi connectivity index (χ0n) is 18.2. The highest BCUT2D eigenvalue weighted by atomic mass is 35.5. The van der Waals surface area contributed by atoms with E-state index < -0.39 is 23.7 Å². The predicted octanol–water partition coefficient (Wildman–Crippen LogP) is 3.10. The van der Waals surface area contributed by atoms with Gasteiger partial charge in [0.05, 0.1) is 36.5 Å². The molecule has 8 nitrogen and oxygen atoms in total. The van der Waals surface area contributed by atoms with Crippen LogP contribution < -0.4 is 5.32 Å². The molecule has 2 N–H and O–H groups in total. The number of para-hydroxylation sites is 1. The minimum absolute atomic E-state index is 0.00544. The molecule has 1 aromatic carbocycles. The van der Waals surface area contributed by atoms with Crippen molar-refractivity contribution in [1.29, 1.82) is 0 Å². The van der Waals surface area contributed by atoms with Crippen molar-refractivity contribution in [3.63, 3.8) is 0 Å². The fraction of sp³-hybridized carbons (Fsp3) is 0.409. The van der Waals surface area contributed by atoms with Gasteiger partial charge in [0, 0.05) is 17.8 Å². The highest BCUT2D eigenvalue weighted by Crippen LogP contribution is 2.40. The van der Waals surface area contributed by atoms with E-state index in [1.54, 1.807) is 6.07 Å². The Labute approximate surface area is 197 Å². The maximum atomic E-state index is 13.7. The molecule has 4 rings (SSSR count). The first-order valence-electron chi connectivity index (χ1n) is 10.6. The first-order chi connectivity index (χ1) is 16.2. The molecule has 0 radical (unpaired) electrons. The second-order valence-corrected chi connectivity index (χ2v) is 8.35. The Morgan fingerprint density at radius 2 is 2.03 bits per heavy atom. The number of alkyl halides is 3. The van der Waals surface area contributed by atoms with Crippen molar-refractivity contribution < 1.29 is 32.6 Å². The number of nitrogens with zero attached hydrogens (tertiary/aromatic N) is 3. The molecule has 0 spiro atoms. The number of esters is 1. The van der Waals surface area contributed by atoms with Crippen molar-refractivity contribution >= 4 is 29.2 Å². The van der Waals surface area contributed by atoms with E-state index in [0.29, 0.717) is 25.0 Å². The Hall–Kier alpha value is -3.05. The van der Waals surface area contributed by atoms with Crippen LogP contribution in [0, 0.1) is 0 Å². The third-order valence-electron chi connectivity index (χ3n) is 5.86. The number of hydrogen-bond acceptors (Lipinski definition) is 6. The SMILES string of the molecule is COC(=O)C1=C(Nc2cccc(Cl)c2-n2nc(C(F)(F)F)c3c2CCCC3)C(=O)N(CCO)C1. The molecule has 0 fully saturated rings. The van der Waals surface area contributed by atoms with Crippen LogP contribution in [0.1, 0.15) is 29.8 Å². The molecule has 1 aliphatic carbocycles. The Bertz CT molecular complexity index is 1180. The molecule has 0 atom stereocenters. The Morgan fingerprint density at radius 1 is 1.29 bits per heavy atom. The molecule has 0 saturated heterocycles. The lowest BCUT2D eigenvalue weighted by atomic mass is 9.95. The van der Waals surface area contributed by atoms with Crippen LogP contribution in [-0.4, -0.2) is 58.5 Å². The monoisotopic (exact) mass is 498 g/mol. The maximum absolute atomic E-state index is 13.7.